The first-order chi connectivity index (χ1) is 13.1. The summed E-state index contributed by atoms with van der Waals surface area (Å²) in [6.07, 6.45) is 1.25. The monoisotopic (exact) mass is 407 g/mol. The van der Waals surface area contributed by atoms with Crippen molar-refractivity contribution in [1.29, 1.82) is 0 Å². The number of hydrogen-bond acceptors (Lipinski definition) is 3. The minimum atomic E-state index is -1.12. The van der Waals surface area contributed by atoms with E-state index in [9.17, 15) is 13.2 Å². The van der Waals surface area contributed by atoms with Crippen molar-refractivity contribution in [3.8, 4) is 0 Å². The highest BCUT2D eigenvalue weighted by Crippen LogP contribution is 2.29. The van der Waals surface area contributed by atoms with Gasteiger partial charge in [-0.1, -0.05) is 61.8 Å². The maximum Gasteiger partial charge on any atom is 0.165 e. The molecule has 1 rings (SSSR count). The minimum absolute atomic E-state index is 0.0325. The van der Waals surface area contributed by atoms with Crippen molar-refractivity contribution < 1.29 is 13.2 Å². The summed E-state index contributed by atoms with van der Waals surface area (Å²) in [6, 6.07) is 0.892. The lowest BCUT2D eigenvalue weighted by Crippen LogP contribution is -2.27. The predicted molar refractivity (Wildman–Crippen MR) is 119 cm³/mol. The van der Waals surface area contributed by atoms with Crippen LogP contribution in [0.1, 0.15) is 91.8 Å². The van der Waals surface area contributed by atoms with E-state index in [2.05, 4.69) is 51.6 Å². The van der Waals surface area contributed by atoms with Gasteiger partial charge in [-0.2, -0.15) is 0 Å². The van der Waals surface area contributed by atoms with E-state index < -0.39 is 29.4 Å². The van der Waals surface area contributed by atoms with E-state index in [-0.39, 0.29) is 11.1 Å². The summed E-state index contributed by atoms with van der Waals surface area (Å²) >= 11 is 0. The zero-order valence-corrected chi connectivity index (χ0v) is 19.6. The van der Waals surface area contributed by atoms with Crippen LogP contribution in [0.3, 0.4) is 0 Å². The molecule has 1 unspecified atom stereocenters. The molecule has 3 nitrogen and oxygen atoms in total. The van der Waals surface area contributed by atoms with Crippen LogP contribution in [0.2, 0.25) is 0 Å². The van der Waals surface area contributed by atoms with Crippen LogP contribution in [0.15, 0.2) is 19.2 Å². The second-order valence-corrected chi connectivity index (χ2v) is 6.18. The van der Waals surface area contributed by atoms with Crippen LogP contribution < -0.4 is 16.6 Å². The van der Waals surface area contributed by atoms with E-state index in [1.165, 1.54) is 6.42 Å². The van der Waals surface area contributed by atoms with Crippen molar-refractivity contribution in [3.05, 3.63) is 47.8 Å². The Bertz CT molecular complexity index is 479. The highest BCUT2D eigenvalue weighted by molar-refractivity contribution is 5.32. The average Bonchev–Trinajstić information content (AvgIpc) is 2.68. The zero-order chi connectivity index (χ0) is 23.4. The molecular weight excluding hydrogens is 363 g/mol. The van der Waals surface area contributed by atoms with Crippen molar-refractivity contribution in [2.75, 3.05) is 7.05 Å². The summed E-state index contributed by atoms with van der Waals surface area (Å²) in [6.45, 7) is 23.2. The Morgan fingerprint density at radius 1 is 0.964 bits per heavy atom. The molecule has 1 aromatic rings. The lowest BCUT2D eigenvalue weighted by atomic mass is 9.96. The maximum absolute atomic E-state index is 13.9. The van der Waals surface area contributed by atoms with Crippen LogP contribution in [0.25, 0.3) is 0 Å². The highest BCUT2D eigenvalue weighted by atomic mass is 19.2. The van der Waals surface area contributed by atoms with Gasteiger partial charge in [-0.05, 0) is 26.0 Å². The SMILES string of the molecule is C=C.CC.CC(C)c1c(F)c(F)cc(C(C)NN)c1F.CCC.CNC(C)C. The fraction of sp³-hybridized carbons (Fsp3) is 0.636. The number of nitrogens with two attached hydrogens (primary N) is 1. The highest BCUT2D eigenvalue weighted by Gasteiger charge is 2.23. The fourth-order valence-corrected chi connectivity index (χ4v) is 1.56. The second kappa shape index (κ2) is 21.9. The van der Waals surface area contributed by atoms with Crippen LogP contribution in [-0.4, -0.2) is 13.1 Å². The first-order valence-corrected chi connectivity index (χ1v) is 9.89. The van der Waals surface area contributed by atoms with Crippen molar-refractivity contribution >= 4 is 0 Å². The smallest absolute Gasteiger partial charge is 0.165 e. The lowest BCUT2D eigenvalue weighted by Gasteiger charge is -2.17. The first-order valence-electron chi connectivity index (χ1n) is 9.89. The minimum Gasteiger partial charge on any atom is -0.318 e. The Labute approximate surface area is 172 Å². The first kappa shape index (κ1) is 34.2. The quantitative estimate of drug-likeness (QED) is 0.228. The third-order valence-electron chi connectivity index (χ3n) is 3.09. The van der Waals surface area contributed by atoms with Crippen LogP contribution in [0.5, 0.6) is 0 Å². The van der Waals surface area contributed by atoms with Gasteiger partial charge in [0.1, 0.15) is 5.82 Å². The van der Waals surface area contributed by atoms with E-state index in [0.29, 0.717) is 6.04 Å². The third-order valence-corrected chi connectivity index (χ3v) is 3.09. The third kappa shape index (κ3) is 14.7. The van der Waals surface area contributed by atoms with Gasteiger partial charge >= 0.3 is 0 Å². The number of hydrogen-bond donors (Lipinski definition) is 3. The van der Waals surface area contributed by atoms with E-state index >= 15 is 0 Å². The Kier molecular flexibility index (Phi) is 26.7. The number of nitrogens with one attached hydrogen (secondary N) is 2. The molecule has 1 atom stereocenters. The van der Waals surface area contributed by atoms with Gasteiger partial charge in [-0.3, -0.25) is 11.3 Å². The number of rotatable bonds is 4. The largest absolute Gasteiger partial charge is 0.318 e. The second-order valence-electron chi connectivity index (χ2n) is 6.18. The Balaban J connectivity index is -0.000000200. The molecule has 0 aliphatic rings. The Morgan fingerprint density at radius 3 is 1.57 bits per heavy atom. The number of hydrazine groups is 1. The lowest BCUT2D eigenvalue weighted by molar-refractivity contribution is 0.455. The van der Waals surface area contributed by atoms with E-state index in [0.717, 1.165) is 6.07 Å². The van der Waals surface area contributed by atoms with Gasteiger partial charge in [0.15, 0.2) is 11.6 Å². The predicted octanol–water partition coefficient (Wildman–Crippen LogP) is 6.61. The topological polar surface area (TPSA) is 50.1 Å². The van der Waals surface area contributed by atoms with E-state index in [4.69, 9.17) is 5.84 Å². The fourth-order valence-electron chi connectivity index (χ4n) is 1.56. The van der Waals surface area contributed by atoms with Gasteiger partial charge in [-0.15, -0.1) is 13.2 Å². The van der Waals surface area contributed by atoms with Gasteiger partial charge in [0, 0.05) is 23.2 Å². The van der Waals surface area contributed by atoms with Gasteiger partial charge in [0.25, 0.3) is 0 Å². The van der Waals surface area contributed by atoms with E-state index in [1.807, 2.05) is 20.9 Å². The normalized spacial score (nSPS) is 10.3. The molecule has 0 saturated carbocycles. The molecule has 0 spiro atoms. The van der Waals surface area contributed by atoms with Crippen LogP contribution in [-0.2, 0) is 0 Å². The van der Waals surface area contributed by atoms with E-state index in [1.54, 1.807) is 20.8 Å². The van der Waals surface area contributed by atoms with Gasteiger partial charge in [0.2, 0.25) is 0 Å². The summed E-state index contributed by atoms with van der Waals surface area (Å²) < 4.78 is 40.6. The van der Waals surface area contributed by atoms with Crippen molar-refractivity contribution in [3.63, 3.8) is 0 Å². The molecule has 4 N–H and O–H groups in total. The van der Waals surface area contributed by atoms with Crippen molar-refractivity contribution in [1.82, 2.24) is 10.7 Å². The summed E-state index contributed by atoms with van der Waals surface area (Å²) in [7, 11) is 1.95. The van der Waals surface area contributed by atoms with Crippen molar-refractivity contribution in [2.45, 2.75) is 86.7 Å². The number of benzene rings is 1. The molecule has 0 amide bonds. The molecule has 0 fully saturated rings. The van der Waals surface area contributed by atoms with Crippen LogP contribution in [0, 0.1) is 17.5 Å². The maximum atomic E-state index is 13.9. The molecule has 168 valence electrons. The molecule has 0 heterocycles. The molecular formula is C22H44F3N3. The van der Waals surface area contributed by atoms with Crippen LogP contribution in [0.4, 0.5) is 13.2 Å². The summed E-state index contributed by atoms with van der Waals surface area (Å²) in [5, 5.41) is 3.03. The summed E-state index contributed by atoms with van der Waals surface area (Å²) in [4.78, 5) is 0. The molecule has 28 heavy (non-hydrogen) atoms. The molecule has 0 aromatic heterocycles. The molecule has 6 heteroatoms. The molecule has 1 aromatic carbocycles. The molecule has 0 saturated heterocycles. The van der Waals surface area contributed by atoms with Crippen LogP contribution >= 0.6 is 0 Å². The van der Waals surface area contributed by atoms with Gasteiger partial charge in [-0.25, -0.2) is 13.2 Å². The standard InChI is InChI=1S/C11H15F3N2.C4H11N.C3H8.C2H6.C2H4/c1-5(2)9-10(13)7(6(3)16-15)4-8(12)11(9)14;1-4(2)5-3;1-3-2;2*1-2/h4-6,16H,15H2,1-3H3;4-5H,1-3H3;3H2,1-2H3;1-2H3;1-2H2. The summed E-state index contributed by atoms with van der Waals surface area (Å²) in [5.74, 6) is 1.81. The van der Waals surface area contributed by atoms with Gasteiger partial charge in [0.05, 0.1) is 0 Å². The molecule has 0 bridgehead atoms. The van der Waals surface area contributed by atoms with Crippen molar-refractivity contribution in [2.24, 2.45) is 5.84 Å². The molecule has 0 aliphatic carbocycles. The summed E-state index contributed by atoms with van der Waals surface area (Å²) in [5.41, 5.74) is 2.10. The van der Waals surface area contributed by atoms with Gasteiger partial charge < -0.3 is 5.32 Å². The number of halogens is 3. The Morgan fingerprint density at radius 2 is 1.32 bits per heavy atom. The molecule has 0 aliphatic heterocycles. The Hall–Kier alpha value is -1.37. The average molecular weight is 408 g/mol. The zero-order valence-electron chi connectivity index (χ0n) is 19.6. The molecule has 0 radical (unpaired) electrons.